The highest BCUT2D eigenvalue weighted by Gasteiger charge is 2.53. The maximum Gasteiger partial charge on any atom is 0.127 e. The Morgan fingerprint density at radius 1 is 1.00 bits per heavy atom. The van der Waals surface area contributed by atoms with Crippen molar-refractivity contribution in [2.45, 2.75) is 44.6 Å². The minimum atomic E-state index is -0.120. The van der Waals surface area contributed by atoms with Crippen molar-refractivity contribution in [3.63, 3.8) is 0 Å². The van der Waals surface area contributed by atoms with E-state index < -0.39 is 0 Å². The Morgan fingerprint density at radius 2 is 1.53 bits per heavy atom. The average Bonchev–Trinajstić information content (AvgIpc) is 2.37. The van der Waals surface area contributed by atoms with Crippen molar-refractivity contribution in [2.75, 3.05) is 0 Å². The van der Waals surface area contributed by atoms with Crippen LogP contribution >= 0.6 is 0 Å². The molecule has 1 atom stereocenters. The van der Waals surface area contributed by atoms with E-state index >= 15 is 0 Å². The normalized spacial score (nSPS) is 41.5. The summed E-state index contributed by atoms with van der Waals surface area (Å²) < 4.78 is 14.0. The molecule has 1 nitrogen and oxygen atoms in total. The van der Waals surface area contributed by atoms with Crippen LogP contribution in [0, 0.1) is 29.0 Å². The molecule has 1 aromatic carbocycles. The van der Waals surface area contributed by atoms with Gasteiger partial charge in [0.25, 0.3) is 0 Å². The van der Waals surface area contributed by atoms with Gasteiger partial charge in [0.2, 0.25) is 0 Å². The number of halogens is 1. The molecule has 1 unspecified atom stereocenters. The quantitative estimate of drug-likeness (QED) is 0.852. The van der Waals surface area contributed by atoms with Crippen molar-refractivity contribution in [1.82, 2.24) is 0 Å². The first-order valence-electron chi connectivity index (χ1n) is 7.66. The Labute approximate surface area is 114 Å². The van der Waals surface area contributed by atoms with Gasteiger partial charge in [0.1, 0.15) is 5.82 Å². The summed E-state index contributed by atoms with van der Waals surface area (Å²) >= 11 is 0. The lowest BCUT2D eigenvalue weighted by molar-refractivity contribution is -0.0682. The fourth-order valence-electron chi connectivity index (χ4n) is 5.62. The van der Waals surface area contributed by atoms with Crippen LogP contribution in [0.5, 0.6) is 0 Å². The van der Waals surface area contributed by atoms with Gasteiger partial charge in [0, 0.05) is 11.6 Å². The number of nitrogens with two attached hydrogens (primary N) is 1. The van der Waals surface area contributed by atoms with E-state index in [-0.39, 0.29) is 17.3 Å². The second kappa shape index (κ2) is 4.05. The molecule has 0 amide bonds. The SMILES string of the molecule is NC(c1ccccc1F)C12CC3CC(CC(C3)C1)C2. The smallest absolute Gasteiger partial charge is 0.127 e. The molecule has 0 heterocycles. The lowest BCUT2D eigenvalue weighted by atomic mass is 9.47. The third kappa shape index (κ3) is 1.76. The number of hydrogen-bond acceptors (Lipinski definition) is 1. The van der Waals surface area contributed by atoms with Gasteiger partial charge in [-0.3, -0.25) is 0 Å². The molecule has 0 spiro atoms. The summed E-state index contributed by atoms with van der Waals surface area (Å²) in [6.45, 7) is 0. The first-order valence-corrected chi connectivity index (χ1v) is 7.66. The van der Waals surface area contributed by atoms with Crippen LogP contribution in [0.25, 0.3) is 0 Å². The van der Waals surface area contributed by atoms with Crippen LogP contribution in [0.4, 0.5) is 4.39 Å². The fourth-order valence-corrected chi connectivity index (χ4v) is 5.62. The van der Waals surface area contributed by atoms with E-state index in [9.17, 15) is 4.39 Å². The second-order valence-electron chi connectivity index (χ2n) is 7.28. The molecule has 0 radical (unpaired) electrons. The van der Waals surface area contributed by atoms with Gasteiger partial charge < -0.3 is 5.73 Å². The monoisotopic (exact) mass is 259 g/mol. The Morgan fingerprint density at radius 3 is 2.05 bits per heavy atom. The summed E-state index contributed by atoms with van der Waals surface area (Å²) in [6, 6.07) is 7.00. The Bertz CT molecular complexity index is 461. The van der Waals surface area contributed by atoms with Gasteiger partial charge in [-0.2, -0.15) is 0 Å². The summed E-state index contributed by atoms with van der Waals surface area (Å²) in [7, 11) is 0. The molecule has 2 heteroatoms. The largest absolute Gasteiger partial charge is 0.323 e. The lowest BCUT2D eigenvalue weighted by Crippen LogP contribution is -2.51. The molecular formula is C17H22FN. The van der Waals surface area contributed by atoms with Crippen molar-refractivity contribution in [3.05, 3.63) is 35.6 Å². The minimum Gasteiger partial charge on any atom is -0.323 e. The minimum absolute atomic E-state index is 0.109. The predicted octanol–water partition coefficient (Wildman–Crippen LogP) is 4.04. The standard InChI is InChI=1S/C17H22FN/c18-15-4-2-1-3-14(15)16(19)17-8-11-5-12(9-17)7-13(6-11)10-17/h1-4,11-13,16H,5-10,19H2. The van der Waals surface area contributed by atoms with Gasteiger partial charge in [0.15, 0.2) is 0 Å². The maximum atomic E-state index is 14.0. The van der Waals surface area contributed by atoms with Crippen molar-refractivity contribution < 1.29 is 4.39 Å². The van der Waals surface area contributed by atoms with Crippen LogP contribution in [-0.4, -0.2) is 0 Å². The van der Waals surface area contributed by atoms with Crippen molar-refractivity contribution in [2.24, 2.45) is 28.9 Å². The van der Waals surface area contributed by atoms with Crippen LogP contribution in [0.3, 0.4) is 0 Å². The topological polar surface area (TPSA) is 26.0 Å². The Balaban J connectivity index is 1.70. The summed E-state index contributed by atoms with van der Waals surface area (Å²) in [4.78, 5) is 0. The number of rotatable bonds is 2. The van der Waals surface area contributed by atoms with Crippen molar-refractivity contribution in [1.29, 1.82) is 0 Å². The van der Waals surface area contributed by atoms with Gasteiger partial charge in [-0.1, -0.05) is 18.2 Å². The fraction of sp³-hybridized carbons (Fsp3) is 0.647. The molecule has 102 valence electrons. The van der Waals surface area contributed by atoms with Gasteiger partial charge in [-0.25, -0.2) is 4.39 Å². The molecule has 5 rings (SSSR count). The molecular weight excluding hydrogens is 237 g/mol. The van der Waals surface area contributed by atoms with Gasteiger partial charge in [-0.15, -0.1) is 0 Å². The van der Waals surface area contributed by atoms with E-state index in [2.05, 4.69) is 0 Å². The van der Waals surface area contributed by atoms with Crippen LogP contribution in [0.2, 0.25) is 0 Å². The highest BCUT2D eigenvalue weighted by Crippen LogP contribution is 2.63. The number of benzene rings is 1. The molecule has 4 bridgehead atoms. The molecule has 4 fully saturated rings. The first kappa shape index (κ1) is 11.9. The van der Waals surface area contributed by atoms with E-state index in [0.717, 1.165) is 23.3 Å². The zero-order valence-corrected chi connectivity index (χ0v) is 11.3. The second-order valence-corrected chi connectivity index (χ2v) is 7.28. The van der Waals surface area contributed by atoms with E-state index in [1.807, 2.05) is 12.1 Å². The van der Waals surface area contributed by atoms with Gasteiger partial charge >= 0.3 is 0 Å². The Kier molecular flexibility index (Phi) is 2.54. The summed E-state index contributed by atoms with van der Waals surface area (Å²) in [5.41, 5.74) is 7.49. The van der Waals surface area contributed by atoms with Crippen LogP contribution in [0.15, 0.2) is 24.3 Å². The predicted molar refractivity (Wildman–Crippen MR) is 73.9 cm³/mol. The molecule has 1 aromatic rings. The zero-order chi connectivity index (χ0) is 13.0. The highest BCUT2D eigenvalue weighted by atomic mass is 19.1. The molecule has 0 aliphatic heterocycles. The third-order valence-corrected chi connectivity index (χ3v) is 5.99. The van der Waals surface area contributed by atoms with E-state index in [1.54, 1.807) is 12.1 Å². The van der Waals surface area contributed by atoms with Crippen LogP contribution < -0.4 is 5.73 Å². The third-order valence-electron chi connectivity index (χ3n) is 5.99. The molecule has 4 saturated carbocycles. The van der Waals surface area contributed by atoms with Crippen molar-refractivity contribution >= 4 is 0 Å². The van der Waals surface area contributed by atoms with Gasteiger partial charge in [-0.05, 0) is 67.8 Å². The number of hydrogen-bond donors (Lipinski definition) is 1. The molecule has 2 N–H and O–H groups in total. The van der Waals surface area contributed by atoms with E-state index in [4.69, 9.17) is 5.73 Å². The average molecular weight is 259 g/mol. The van der Waals surface area contributed by atoms with E-state index in [1.165, 1.54) is 38.5 Å². The van der Waals surface area contributed by atoms with Crippen LogP contribution in [0.1, 0.15) is 50.1 Å². The summed E-state index contributed by atoms with van der Waals surface area (Å²) in [5.74, 6) is 2.47. The zero-order valence-electron chi connectivity index (χ0n) is 11.3. The van der Waals surface area contributed by atoms with Crippen molar-refractivity contribution in [3.8, 4) is 0 Å². The molecule has 0 saturated heterocycles. The van der Waals surface area contributed by atoms with Crippen LogP contribution in [-0.2, 0) is 0 Å². The summed E-state index contributed by atoms with van der Waals surface area (Å²) in [6.07, 6.45) is 7.91. The molecule has 4 aliphatic carbocycles. The summed E-state index contributed by atoms with van der Waals surface area (Å²) in [5, 5.41) is 0. The highest BCUT2D eigenvalue weighted by molar-refractivity contribution is 5.24. The Hall–Kier alpha value is -0.890. The maximum absolute atomic E-state index is 14.0. The molecule has 4 aliphatic rings. The lowest BCUT2D eigenvalue weighted by Gasteiger charge is -2.59. The molecule has 0 aromatic heterocycles. The van der Waals surface area contributed by atoms with E-state index in [0.29, 0.717) is 0 Å². The van der Waals surface area contributed by atoms with Gasteiger partial charge in [0.05, 0.1) is 0 Å². The molecule has 19 heavy (non-hydrogen) atoms. The first-order chi connectivity index (χ1) is 9.16.